The Bertz CT molecular complexity index is 1090. The summed E-state index contributed by atoms with van der Waals surface area (Å²) in [7, 11) is 0. The molecular weight excluding hydrogens is 340 g/mol. The maximum atomic E-state index is 4.50. The van der Waals surface area contributed by atoms with Gasteiger partial charge in [-0.1, -0.05) is 87.5 Å². The zero-order valence-corrected chi connectivity index (χ0v) is 16.7. The number of fused-ring (bicyclic) bond motifs is 1. The monoisotopic (exact) mass is 366 g/mol. The molecule has 0 bridgehead atoms. The van der Waals surface area contributed by atoms with Crippen molar-refractivity contribution in [1.29, 1.82) is 0 Å². The van der Waals surface area contributed by atoms with Crippen LogP contribution >= 0.6 is 0 Å². The van der Waals surface area contributed by atoms with Crippen molar-refractivity contribution >= 4 is 28.2 Å². The van der Waals surface area contributed by atoms with Crippen molar-refractivity contribution in [3.63, 3.8) is 0 Å². The molecule has 3 aromatic carbocycles. The average Bonchev–Trinajstić information content (AvgIpc) is 3.19. The lowest BCUT2D eigenvalue weighted by Crippen LogP contribution is -2.05. The van der Waals surface area contributed by atoms with Gasteiger partial charge in [-0.05, 0) is 51.5 Å². The molecule has 1 N–H and O–H groups in total. The second-order valence-corrected chi connectivity index (χ2v) is 8.30. The summed E-state index contributed by atoms with van der Waals surface area (Å²) >= 11 is 0. The highest BCUT2D eigenvalue weighted by Crippen LogP contribution is 2.37. The lowest BCUT2D eigenvalue weighted by atomic mass is 9.87. The third kappa shape index (κ3) is 3.91. The van der Waals surface area contributed by atoms with Gasteiger partial charge in [0.25, 0.3) is 0 Å². The normalized spacial score (nSPS) is 14.4. The Morgan fingerprint density at radius 1 is 0.893 bits per heavy atom. The number of hydrogen-bond donors (Lipinski definition) is 1. The van der Waals surface area contributed by atoms with Crippen LogP contribution in [0.25, 0.3) is 16.3 Å². The number of allylic oxidation sites excluding steroid dienone is 4. The van der Waals surface area contributed by atoms with Crippen LogP contribution in [0, 0.1) is 5.41 Å². The van der Waals surface area contributed by atoms with Crippen molar-refractivity contribution in [1.82, 2.24) is 0 Å². The van der Waals surface area contributed by atoms with E-state index in [0.29, 0.717) is 0 Å². The molecule has 0 fully saturated rings. The fourth-order valence-electron chi connectivity index (χ4n) is 3.57. The van der Waals surface area contributed by atoms with Gasteiger partial charge in [0.2, 0.25) is 0 Å². The van der Waals surface area contributed by atoms with Crippen LogP contribution in [0.1, 0.15) is 38.3 Å². The molecule has 2 heteroatoms. The minimum atomic E-state index is 0.183. The first kappa shape index (κ1) is 18.2. The third-order valence-electron chi connectivity index (χ3n) is 5.19. The summed E-state index contributed by atoms with van der Waals surface area (Å²) in [5.41, 5.74) is 9.49. The first-order valence-corrected chi connectivity index (χ1v) is 9.79. The maximum Gasteiger partial charge on any atom is 0.0568 e. The van der Waals surface area contributed by atoms with Gasteiger partial charge in [0.15, 0.2) is 0 Å². The first-order valence-electron chi connectivity index (χ1n) is 9.79. The molecule has 0 heterocycles. The highest BCUT2D eigenvalue weighted by Gasteiger charge is 2.20. The molecule has 1 aliphatic carbocycles. The Morgan fingerprint density at radius 3 is 2.43 bits per heavy atom. The maximum absolute atomic E-state index is 4.50. The van der Waals surface area contributed by atoms with E-state index >= 15 is 0 Å². The molecule has 1 aliphatic rings. The third-order valence-corrected chi connectivity index (χ3v) is 5.19. The highest BCUT2D eigenvalue weighted by atomic mass is 15.3. The summed E-state index contributed by atoms with van der Waals surface area (Å²) < 4.78 is 0. The molecule has 0 spiro atoms. The van der Waals surface area contributed by atoms with Gasteiger partial charge in [0, 0.05) is 5.56 Å². The Balaban J connectivity index is 1.54. The van der Waals surface area contributed by atoms with E-state index in [-0.39, 0.29) is 5.41 Å². The smallest absolute Gasteiger partial charge is 0.0568 e. The van der Waals surface area contributed by atoms with Crippen molar-refractivity contribution in [3.8, 4) is 0 Å². The zero-order chi connectivity index (χ0) is 19.6. The van der Waals surface area contributed by atoms with Crippen LogP contribution in [0.5, 0.6) is 0 Å². The summed E-state index contributed by atoms with van der Waals surface area (Å²) in [6.45, 7) is 6.79. The second kappa shape index (κ2) is 7.47. The van der Waals surface area contributed by atoms with Gasteiger partial charge < -0.3 is 0 Å². The largest absolute Gasteiger partial charge is 0.278 e. The van der Waals surface area contributed by atoms with Crippen LogP contribution in [0.2, 0.25) is 0 Å². The quantitative estimate of drug-likeness (QED) is 0.388. The standard InChI is InChI=1S/C26H26N2/c1-26(2,3)23-14-12-21(16-23)25-11-7-6-10-22(25)18-27-28-24-15-13-19-8-4-5-9-20(19)17-24/h4-11,13-18,28H,12H2,1-3H3. The van der Waals surface area contributed by atoms with E-state index < -0.39 is 0 Å². The summed E-state index contributed by atoms with van der Waals surface area (Å²) in [4.78, 5) is 0. The fourth-order valence-corrected chi connectivity index (χ4v) is 3.57. The molecule has 0 radical (unpaired) electrons. The van der Waals surface area contributed by atoms with Crippen LogP contribution in [-0.4, -0.2) is 6.21 Å². The minimum absolute atomic E-state index is 0.183. The van der Waals surface area contributed by atoms with Crippen LogP contribution in [-0.2, 0) is 0 Å². The Labute approximate surface area is 167 Å². The lowest BCUT2D eigenvalue weighted by molar-refractivity contribution is 0.518. The summed E-state index contributed by atoms with van der Waals surface area (Å²) in [6.07, 6.45) is 7.58. The topological polar surface area (TPSA) is 24.4 Å². The number of nitrogens with one attached hydrogen (secondary N) is 1. The lowest BCUT2D eigenvalue weighted by Gasteiger charge is -2.18. The van der Waals surface area contributed by atoms with Crippen LogP contribution in [0.4, 0.5) is 5.69 Å². The van der Waals surface area contributed by atoms with Gasteiger partial charge in [-0.2, -0.15) is 5.10 Å². The van der Waals surface area contributed by atoms with Gasteiger partial charge in [-0.25, -0.2) is 0 Å². The molecule has 0 saturated carbocycles. The van der Waals surface area contributed by atoms with Crippen molar-refractivity contribution in [3.05, 3.63) is 95.6 Å². The average molecular weight is 367 g/mol. The van der Waals surface area contributed by atoms with Crippen LogP contribution in [0.15, 0.2) is 89.6 Å². The fraction of sp³-hybridized carbons (Fsp3) is 0.192. The van der Waals surface area contributed by atoms with Gasteiger partial charge in [0.05, 0.1) is 11.9 Å². The molecule has 140 valence electrons. The van der Waals surface area contributed by atoms with Gasteiger partial charge in [-0.15, -0.1) is 0 Å². The van der Waals surface area contributed by atoms with Crippen LogP contribution in [0.3, 0.4) is 0 Å². The van der Waals surface area contributed by atoms with E-state index in [9.17, 15) is 0 Å². The molecule has 4 rings (SSSR count). The molecule has 0 unspecified atom stereocenters. The van der Waals surface area contributed by atoms with Crippen molar-refractivity contribution < 1.29 is 0 Å². The number of anilines is 1. The first-order chi connectivity index (χ1) is 13.5. The summed E-state index contributed by atoms with van der Waals surface area (Å²) in [5, 5.41) is 6.94. The van der Waals surface area contributed by atoms with E-state index in [4.69, 9.17) is 0 Å². The second-order valence-electron chi connectivity index (χ2n) is 8.30. The summed E-state index contributed by atoms with van der Waals surface area (Å²) in [5.74, 6) is 0. The van der Waals surface area contributed by atoms with Gasteiger partial charge in [-0.3, -0.25) is 5.43 Å². The highest BCUT2D eigenvalue weighted by molar-refractivity contribution is 5.90. The van der Waals surface area contributed by atoms with Crippen LogP contribution < -0.4 is 5.43 Å². The molecule has 0 saturated heterocycles. The molecule has 0 atom stereocenters. The molecule has 0 aromatic heterocycles. The predicted octanol–water partition coefficient (Wildman–Crippen LogP) is 7.05. The number of rotatable bonds is 4. The van der Waals surface area contributed by atoms with E-state index in [1.54, 1.807) is 0 Å². The van der Waals surface area contributed by atoms with E-state index in [1.807, 2.05) is 6.21 Å². The number of benzene rings is 3. The molecule has 0 aliphatic heterocycles. The van der Waals surface area contributed by atoms with Crippen molar-refractivity contribution in [2.45, 2.75) is 27.2 Å². The van der Waals surface area contributed by atoms with Gasteiger partial charge in [0.1, 0.15) is 0 Å². The Kier molecular flexibility index (Phi) is 4.87. The van der Waals surface area contributed by atoms with Crippen molar-refractivity contribution in [2.75, 3.05) is 5.43 Å². The van der Waals surface area contributed by atoms with Crippen molar-refractivity contribution in [2.24, 2.45) is 10.5 Å². The Morgan fingerprint density at radius 2 is 1.64 bits per heavy atom. The minimum Gasteiger partial charge on any atom is -0.278 e. The number of hydrazone groups is 1. The zero-order valence-electron chi connectivity index (χ0n) is 16.7. The molecule has 3 aromatic rings. The van der Waals surface area contributed by atoms with E-state index in [2.05, 4.69) is 110 Å². The molecule has 0 amide bonds. The van der Waals surface area contributed by atoms with E-state index in [1.165, 1.54) is 27.5 Å². The molecule has 28 heavy (non-hydrogen) atoms. The Hall–Kier alpha value is -3.13. The number of hydrogen-bond acceptors (Lipinski definition) is 2. The molecular formula is C26H26N2. The number of nitrogens with zero attached hydrogens (tertiary/aromatic N) is 1. The van der Waals surface area contributed by atoms with E-state index in [0.717, 1.165) is 17.7 Å². The van der Waals surface area contributed by atoms with Gasteiger partial charge >= 0.3 is 0 Å². The summed E-state index contributed by atoms with van der Waals surface area (Å²) in [6, 6.07) is 23.1. The SMILES string of the molecule is CC(C)(C)C1=CCC(c2ccccc2C=NNc2ccc3ccccc3c2)=C1. The predicted molar refractivity (Wildman–Crippen MR) is 122 cm³/mol. The molecule has 2 nitrogen and oxygen atoms in total.